The molecular formula is C18H18BrN3O3. The van der Waals surface area contributed by atoms with Gasteiger partial charge in [-0.3, -0.25) is 14.9 Å². The average molecular weight is 404 g/mol. The number of anilines is 2. The number of para-hydroxylation sites is 2. The van der Waals surface area contributed by atoms with Crippen LogP contribution < -0.4 is 10.2 Å². The van der Waals surface area contributed by atoms with E-state index in [4.69, 9.17) is 0 Å². The van der Waals surface area contributed by atoms with Crippen molar-refractivity contribution in [3.8, 4) is 0 Å². The van der Waals surface area contributed by atoms with Crippen molar-refractivity contribution in [2.75, 3.05) is 16.8 Å². The average Bonchev–Trinajstić information content (AvgIpc) is 2.80. The molecule has 7 heteroatoms. The molecule has 0 saturated carbocycles. The predicted octanol–water partition coefficient (Wildman–Crippen LogP) is 4.60. The maximum Gasteiger partial charge on any atom is 0.284 e. The molecule has 0 radical (unpaired) electrons. The zero-order chi connectivity index (χ0) is 18.0. The number of benzene rings is 2. The van der Waals surface area contributed by atoms with Crippen LogP contribution in [0.5, 0.6) is 0 Å². The molecule has 6 nitrogen and oxygen atoms in total. The summed E-state index contributed by atoms with van der Waals surface area (Å²) in [6, 6.07) is 12.4. The normalized spacial score (nSPS) is 16.6. The Labute approximate surface area is 154 Å². The summed E-state index contributed by atoms with van der Waals surface area (Å²) in [5.74, 6) is -0.235. The minimum Gasteiger partial charge on any atom is -0.381 e. The maximum atomic E-state index is 13.1. The SMILES string of the molecule is CCC1CCN(C(=O)c2ccc(Br)c([N+](=O)[O-])c2)c2ccccc2N1. The molecule has 1 aliphatic heterocycles. The fourth-order valence-corrected chi connectivity index (χ4v) is 3.38. The van der Waals surface area contributed by atoms with E-state index in [0.717, 1.165) is 24.2 Å². The van der Waals surface area contributed by atoms with Crippen LogP contribution in [0.4, 0.5) is 17.1 Å². The van der Waals surface area contributed by atoms with Crippen molar-refractivity contribution in [1.29, 1.82) is 0 Å². The topological polar surface area (TPSA) is 75.5 Å². The number of halogens is 1. The van der Waals surface area contributed by atoms with Crippen LogP contribution in [0.15, 0.2) is 46.9 Å². The van der Waals surface area contributed by atoms with Crippen molar-refractivity contribution < 1.29 is 9.72 Å². The van der Waals surface area contributed by atoms with Crippen LogP contribution in [-0.4, -0.2) is 23.4 Å². The predicted molar refractivity (Wildman–Crippen MR) is 101 cm³/mol. The van der Waals surface area contributed by atoms with E-state index < -0.39 is 4.92 Å². The van der Waals surface area contributed by atoms with Crippen LogP contribution in [0.25, 0.3) is 0 Å². The van der Waals surface area contributed by atoms with Crippen LogP contribution in [0.1, 0.15) is 30.1 Å². The third-order valence-electron chi connectivity index (χ3n) is 4.38. The lowest BCUT2D eigenvalue weighted by Gasteiger charge is -2.22. The Hall–Kier alpha value is -2.41. The van der Waals surface area contributed by atoms with Gasteiger partial charge in [-0.15, -0.1) is 0 Å². The molecule has 25 heavy (non-hydrogen) atoms. The lowest BCUT2D eigenvalue weighted by atomic mass is 10.1. The maximum absolute atomic E-state index is 13.1. The van der Waals surface area contributed by atoms with E-state index in [-0.39, 0.29) is 11.6 Å². The second-order valence-electron chi connectivity index (χ2n) is 5.94. The van der Waals surface area contributed by atoms with Gasteiger partial charge in [-0.1, -0.05) is 19.1 Å². The molecule has 2 aromatic carbocycles. The summed E-state index contributed by atoms with van der Waals surface area (Å²) in [5.41, 5.74) is 1.90. The third kappa shape index (κ3) is 3.51. The lowest BCUT2D eigenvalue weighted by Crippen LogP contribution is -2.32. The first-order valence-electron chi connectivity index (χ1n) is 8.12. The highest BCUT2D eigenvalue weighted by Crippen LogP contribution is 2.33. The van der Waals surface area contributed by atoms with E-state index in [1.807, 2.05) is 24.3 Å². The monoisotopic (exact) mass is 403 g/mol. The number of rotatable bonds is 3. The fraction of sp³-hybridized carbons (Fsp3) is 0.278. The van der Waals surface area contributed by atoms with Crippen LogP contribution in [-0.2, 0) is 0 Å². The van der Waals surface area contributed by atoms with Crippen LogP contribution in [0.3, 0.4) is 0 Å². The number of nitrogens with zero attached hydrogens (tertiary/aromatic N) is 2. The van der Waals surface area contributed by atoms with Crippen molar-refractivity contribution in [3.05, 3.63) is 62.6 Å². The van der Waals surface area contributed by atoms with Crippen molar-refractivity contribution in [3.63, 3.8) is 0 Å². The first-order chi connectivity index (χ1) is 12.0. The van der Waals surface area contributed by atoms with Gasteiger partial charge in [0.2, 0.25) is 0 Å². The van der Waals surface area contributed by atoms with E-state index in [1.165, 1.54) is 6.07 Å². The number of nitrogens with one attached hydrogen (secondary N) is 1. The lowest BCUT2D eigenvalue weighted by molar-refractivity contribution is -0.385. The second kappa shape index (κ2) is 7.23. The molecule has 0 spiro atoms. The van der Waals surface area contributed by atoms with Gasteiger partial charge in [0, 0.05) is 24.2 Å². The molecule has 2 aromatic rings. The summed E-state index contributed by atoms with van der Waals surface area (Å²) in [7, 11) is 0. The number of fused-ring (bicyclic) bond motifs is 1. The third-order valence-corrected chi connectivity index (χ3v) is 5.05. The molecule has 1 heterocycles. The zero-order valence-corrected chi connectivity index (χ0v) is 15.3. The van der Waals surface area contributed by atoms with Crippen LogP contribution in [0.2, 0.25) is 0 Å². The first-order valence-corrected chi connectivity index (χ1v) is 8.92. The Morgan fingerprint density at radius 3 is 2.84 bits per heavy atom. The molecular weight excluding hydrogens is 386 g/mol. The van der Waals surface area contributed by atoms with Gasteiger partial charge < -0.3 is 10.2 Å². The molecule has 1 aliphatic rings. The minimum atomic E-state index is -0.494. The summed E-state index contributed by atoms with van der Waals surface area (Å²) in [4.78, 5) is 25.4. The summed E-state index contributed by atoms with van der Waals surface area (Å²) >= 11 is 3.16. The molecule has 0 saturated heterocycles. The van der Waals surface area contributed by atoms with E-state index in [2.05, 4.69) is 28.2 Å². The summed E-state index contributed by atoms with van der Waals surface area (Å²) in [5, 5.41) is 14.6. The van der Waals surface area contributed by atoms with Crippen molar-refractivity contribution in [1.82, 2.24) is 0 Å². The highest BCUT2D eigenvalue weighted by Gasteiger charge is 2.26. The van der Waals surface area contributed by atoms with Crippen LogP contribution in [0, 0.1) is 10.1 Å². The smallest absolute Gasteiger partial charge is 0.284 e. The molecule has 0 aromatic heterocycles. The van der Waals surface area contributed by atoms with Crippen molar-refractivity contribution in [2.45, 2.75) is 25.8 Å². The zero-order valence-electron chi connectivity index (χ0n) is 13.7. The van der Waals surface area contributed by atoms with E-state index in [0.29, 0.717) is 22.6 Å². The molecule has 1 atom stereocenters. The molecule has 1 unspecified atom stereocenters. The Kier molecular flexibility index (Phi) is 5.03. The highest BCUT2D eigenvalue weighted by atomic mass is 79.9. The number of amides is 1. The van der Waals surface area contributed by atoms with Gasteiger partial charge in [0.25, 0.3) is 11.6 Å². The fourth-order valence-electron chi connectivity index (χ4n) is 2.99. The standard InChI is InChI=1S/C18H18BrN3O3/c1-2-13-9-10-21(16-6-4-3-5-15(16)20-13)18(23)12-7-8-14(19)17(11-12)22(24)25/h3-8,11,13,20H,2,9-10H2,1H3. The van der Waals surface area contributed by atoms with E-state index >= 15 is 0 Å². The number of nitro benzene ring substituents is 1. The number of hydrogen-bond donors (Lipinski definition) is 1. The van der Waals surface area contributed by atoms with Gasteiger partial charge in [-0.05, 0) is 53.0 Å². The van der Waals surface area contributed by atoms with Gasteiger partial charge in [-0.25, -0.2) is 0 Å². The highest BCUT2D eigenvalue weighted by molar-refractivity contribution is 9.10. The Bertz CT molecular complexity index is 825. The molecule has 0 bridgehead atoms. The first kappa shape index (κ1) is 17.4. The van der Waals surface area contributed by atoms with E-state index in [1.54, 1.807) is 17.0 Å². The molecule has 130 valence electrons. The number of hydrogen-bond acceptors (Lipinski definition) is 4. The van der Waals surface area contributed by atoms with Gasteiger partial charge >= 0.3 is 0 Å². The molecule has 0 fully saturated rings. The quantitative estimate of drug-likeness (QED) is 0.600. The molecule has 0 aliphatic carbocycles. The van der Waals surface area contributed by atoms with Crippen LogP contribution >= 0.6 is 15.9 Å². The molecule has 1 N–H and O–H groups in total. The Morgan fingerprint density at radius 2 is 2.12 bits per heavy atom. The number of carbonyl (C=O) groups excluding carboxylic acids is 1. The number of carbonyl (C=O) groups is 1. The van der Waals surface area contributed by atoms with Gasteiger partial charge in [0.15, 0.2) is 0 Å². The molecule has 3 rings (SSSR count). The Morgan fingerprint density at radius 1 is 1.36 bits per heavy atom. The van der Waals surface area contributed by atoms with Crippen molar-refractivity contribution in [2.24, 2.45) is 0 Å². The number of nitro groups is 1. The summed E-state index contributed by atoms with van der Waals surface area (Å²) < 4.78 is 0.359. The summed E-state index contributed by atoms with van der Waals surface area (Å²) in [6.45, 7) is 2.67. The molecule has 1 amide bonds. The van der Waals surface area contributed by atoms with E-state index in [9.17, 15) is 14.9 Å². The van der Waals surface area contributed by atoms with Crippen molar-refractivity contribution >= 4 is 38.9 Å². The summed E-state index contributed by atoms with van der Waals surface area (Å²) in [6.07, 6.45) is 1.77. The largest absolute Gasteiger partial charge is 0.381 e. The minimum absolute atomic E-state index is 0.112. The van der Waals surface area contributed by atoms with Gasteiger partial charge in [0.1, 0.15) is 0 Å². The Balaban J connectivity index is 2.00. The second-order valence-corrected chi connectivity index (χ2v) is 6.79. The van der Waals surface area contributed by atoms with Gasteiger partial charge in [0.05, 0.1) is 20.8 Å². The van der Waals surface area contributed by atoms with Gasteiger partial charge in [-0.2, -0.15) is 0 Å².